The molecule has 0 aromatic heterocycles. The second-order valence-electron chi connectivity index (χ2n) is 6.28. The first-order chi connectivity index (χ1) is 10.8. The molecule has 1 amide bonds. The molecule has 1 N–H and O–H groups in total. The Bertz CT molecular complexity index is 748. The number of benzene rings is 2. The summed E-state index contributed by atoms with van der Waals surface area (Å²) in [5.74, 6) is 0.534. The average Bonchev–Trinajstić information content (AvgIpc) is 2.43. The normalized spacial score (nSPS) is 12.3. The van der Waals surface area contributed by atoms with Crippen LogP contribution in [0.1, 0.15) is 33.3 Å². The van der Waals surface area contributed by atoms with E-state index in [1.165, 1.54) is 0 Å². The van der Waals surface area contributed by atoms with Crippen LogP contribution in [-0.4, -0.2) is 17.5 Å². The molecule has 0 unspecified atom stereocenters. The molecule has 0 fully saturated rings. The number of hydrogen-bond donors (Lipinski definition) is 1. The quantitative estimate of drug-likeness (QED) is 0.589. The van der Waals surface area contributed by atoms with Gasteiger partial charge >= 0.3 is 6.09 Å². The molecule has 122 valence electrons. The van der Waals surface area contributed by atoms with Gasteiger partial charge in [-0.3, -0.25) is 10.3 Å². The third kappa shape index (κ3) is 5.06. The molecule has 0 aliphatic heterocycles. The molecule has 4 nitrogen and oxygen atoms in total. The van der Waals surface area contributed by atoms with Crippen molar-refractivity contribution in [2.24, 2.45) is 4.99 Å². The Morgan fingerprint density at radius 1 is 1.17 bits per heavy atom. The van der Waals surface area contributed by atoms with Crippen LogP contribution in [0.25, 0.3) is 10.8 Å². The van der Waals surface area contributed by atoms with Gasteiger partial charge in [0, 0.05) is 4.47 Å². The first-order valence-electron chi connectivity index (χ1n) is 7.43. The fraction of sp³-hybridized carbons (Fsp3) is 0.333. The van der Waals surface area contributed by atoms with E-state index in [0.717, 1.165) is 20.8 Å². The van der Waals surface area contributed by atoms with E-state index in [9.17, 15) is 4.79 Å². The summed E-state index contributed by atoms with van der Waals surface area (Å²) < 4.78 is 6.27. The van der Waals surface area contributed by atoms with Crippen LogP contribution >= 0.6 is 15.9 Å². The van der Waals surface area contributed by atoms with E-state index in [4.69, 9.17) is 4.74 Å². The topological polar surface area (TPSA) is 50.7 Å². The second-order valence-corrected chi connectivity index (χ2v) is 7.13. The number of amides is 1. The van der Waals surface area contributed by atoms with Crippen molar-refractivity contribution in [2.75, 3.05) is 0 Å². The lowest BCUT2D eigenvalue weighted by atomic mass is 10.0. The lowest BCUT2D eigenvalue weighted by molar-refractivity contribution is 0.0563. The van der Waals surface area contributed by atoms with Crippen molar-refractivity contribution in [3.8, 4) is 0 Å². The van der Waals surface area contributed by atoms with E-state index in [0.29, 0.717) is 12.4 Å². The van der Waals surface area contributed by atoms with Crippen molar-refractivity contribution < 1.29 is 9.53 Å². The van der Waals surface area contributed by atoms with Gasteiger partial charge in [0.1, 0.15) is 11.4 Å². The number of ether oxygens (including phenoxy) is 1. The van der Waals surface area contributed by atoms with Crippen molar-refractivity contribution >= 4 is 38.6 Å². The number of carbonyl (C=O) groups excluding carboxylic acids is 1. The number of fused-ring (bicyclic) bond motifs is 1. The van der Waals surface area contributed by atoms with E-state index >= 15 is 0 Å². The molecular weight excluding hydrogens is 356 g/mol. The Hall–Kier alpha value is -1.88. The average molecular weight is 377 g/mol. The summed E-state index contributed by atoms with van der Waals surface area (Å²) in [5.41, 5.74) is 0.584. The standard InChI is InChI=1S/C18H21BrN2O2/c1-12(21-17(22)23-18(2,3)4)20-11-13-7-5-9-15-14(13)8-6-10-16(15)19/h5-10H,11H2,1-4H3,(H,20,21,22). The molecule has 2 rings (SSSR count). The van der Waals surface area contributed by atoms with Crippen LogP contribution in [0.4, 0.5) is 4.79 Å². The number of aliphatic imine (C=N–C) groups is 1. The summed E-state index contributed by atoms with van der Waals surface area (Å²) in [6.45, 7) is 7.73. The number of hydrogen-bond acceptors (Lipinski definition) is 3. The van der Waals surface area contributed by atoms with Crippen molar-refractivity contribution in [3.63, 3.8) is 0 Å². The number of halogens is 1. The predicted octanol–water partition coefficient (Wildman–Crippen LogP) is 5.05. The van der Waals surface area contributed by atoms with Gasteiger partial charge in [0.15, 0.2) is 0 Å². The van der Waals surface area contributed by atoms with E-state index in [1.807, 2.05) is 45.0 Å². The fourth-order valence-corrected chi connectivity index (χ4v) is 2.67. The maximum Gasteiger partial charge on any atom is 0.413 e. The van der Waals surface area contributed by atoms with Gasteiger partial charge in [0.05, 0.1) is 6.54 Å². The molecule has 0 saturated carbocycles. The maximum absolute atomic E-state index is 11.7. The van der Waals surface area contributed by atoms with E-state index in [2.05, 4.69) is 38.4 Å². The Balaban J connectivity index is 2.11. The van der Waals surface area contributed by atoms with E-state index in [-0.39, 0.29) is 0 Å². The largest absolute Gasteiger partial charge is 0.444 e. The Morgan fingerprint density at radius 2 is 1.83 bits per heavy atom. The van der Waals surface area contributed by atoms with Gasteiger partial charge in [-0.05, 0) is 50.1 Å². The number of nitrogens with one attached hydrogen (secondary N) is 1. The van der Waals surface area contributed by atoms with Crippen LogP contribution in [0.3, 0.4) is 0 Å². The number of rotatable bonds is 2. The number of alkyl carbamates (subject to hydrolysis) is 1. The van der Waals surface area contributed by atoms with Gasteiger partial charge in [0.2, 0.25) is 0 Å². The molecule has 0 bridgehead atoms. The smallest absolute Gasteiger partial charge is 0.413 e. The Labute approximate surface area is 145 Å². The lowest BCUT2D eigenvalue weighted by Crippen LogP contribution is -2.35. The molecule has 5 heteroatoms. The van der Waals surface area contributed by atoms with E-state index < -0.39 is 11.7 Å². The SMILES string of the molecule is CC(=NCc1cccc2c(Br)cccc12)NC(=O)OC(C)(C)C. The molecule has 0 saturated heterocycles. The van der Waals surface area contributed by atoms with Crippen molar-refractivity contribution in [1.29, 1.82) is 0 Å². The molecule has 23 heavy (non-hydrogen) atoms. The van der Waals surface area contributed by atoms with Gasteiger partial charge in [-0.1, -0.05) is 46.3 Å². The molecule has 0 spiro atoms. The van der Waals surface area contributed by atoms with Crippen LogP contribution in [0, 0.1) is 0 Å². The number of amidine groups is 1. The third-order valence-corrected chi connectivity index (χ3v) is 3.82. The Morgan fingerprint density at radius 3 is 2.52 bits per heavy atom. The highest BCUT2D eigenvalue weighted by atomic mass is 79.9. The van der Waals surface area contributed by atoms with Gasteiger partial charge in [-0.2, -0.15) is 0 Å². The highest BCUT2D eigenvalue weighted by Crippen LogP contribution is 2.26. The van der Waals surface area contributed by atoms with Crippen LogP contribution < -0.4 is 5.32 Å². The first-order valence-corrected chi connectivity index (χ1v) is 8.23. The summed E-state index contributed by atoms with van der Waals surface area (Å²) in [4.78, 5) is 16.2. The zero-order chi connectivity index (χ0) is 17.0. The number of nitrogens with zero attached hydrogens (tertiary/aromatic N) is 1. The van der Waals surface area contributed by atoms with Gasteiger partial charge < -0.3 is 4.74 Å². The minimum Gasteiger partial charge on any atom is -0.444 e. The minimum absolute atomic E-state index is 0.487. The highest BCUT2D eigenvalue weighted by molar-refractivity contribution is 9.10. The molecule has 0 aliphatic rings. The highest BCUT2D eigenvalue weighted by Gasteiger charge is 2.16. The van der Waals surface area contributed by atoms with Crippen LogP contribution in [0.2, 0.25) is 0 Å². The molecule has 0 heterocycles. The summed E-state index contributed by atoms with van der Waals surface area (Å²) in [7, 11) is 0. The van der Waals surface area contributed by atoms with Crippen molar-refractivity contribution in [3.05, 3.63) is 46.4 Å². The lowest BCUT2D eigenvalue weighted by Gasteiger charge is -2.19. The molecule has 0 radical (unpaired) electrons. The fourth-order valence-electron chi connectivity index (χ4n) is 2.17. The zero-order valence-corrected chi connectivity index (χ0v) is 15.4. The monoisotopic (exact) mass is 376 g/mol. The summed E-state index contributed by atoms with van der Waals surface area (Å²) >= 11 is 3.56. The molecule has 0 aliphatic carbocycles. The maximum atomic E-state index is 11.7. The van der Waals surface area contributed by atoms with Crippen LogP contribution in [0.15, 0.2) is 45.9 Å². The van der Waals surface area contributed by atoms with Crippen molar-refractivity contribution in [1.82, 2.24) is 5.32 Å². The van der Waals surface area contributed by atoms with Gasteiger partial charge in [0.25, 0.3) is 0 Å². The van der Waals surface area contributed by atoms with Gasteiger partial charge in [-0.25, -0.2) is 4.79 Å². The predicted molar refractivity (Wildman–Crippen MR) is 97.8 cm³/mol. The van der Waals surface area contributed by atoms with E-state index in [1.54, 1.807) is 6.92 Å². The van der Waals surface area contributed by atoms with Gasteiger partial charge in [-0.15, -0.1) is 0 Å². The zero-order valence-electron chi connectivity index (χ0n) is 13.8. The first kappa shape index (κ1) is 17.5. The molecular formula is C18H21BrN2O2. The summed E-state index contributed by atoms with van der Waals surface area (Å²) in [6, 6.07) is 12.2. The molecule has 2 aromatic carbocycles. The Kier molecular flexibility index (Phi) is 5.42. The molecule has 0 atom stereocenters. The second kappa shape index (κ2) is 7.13. The number of carbonyl (C=O) groups is 1. The summed E-state index contributed by atoms with van der Waals surface area (Å²) in [6.07, 6.45) is -0.487. The van der Waals surface area contributed by atoms with Crippen LogP contribution in [0.5, 0.6) is 0 Å². The third-order valence-electron chi connectivity index (χ3n) is 3.13. The van der Waals surface area contributed by atoms with Crippen molar-refractivity contribution in [2.45, 2.75) is 39.8 Å². The molecule has 2 aromatic rings. The minimum atomic E-state index is -0.522. The summed E-state index contributed by atoms with van der Waals surface area (Å²) in [5, 5.41) is 4.95. The van der Waals surface area contributed by atoms with Crippen LogP contribution in [-0.2, 0) is 11.3 Å².